The minimum absolute atomic E-state index is 0.818. The summed E-state index contributed by atoms with van der Waals surface area (Å²) in [6, 6.07) is 9.86. The van der Waals surface area contributed by atoms with E-state index in [4.69, 9.17) is 9.26 Å². The highest BCUT2D eigenvalue weighted by atomic mass is 16.5. The fraction of sp³-hybridized carbons (Fsp3) is 0.400. The largest absolute Gasteiger partial charge is 0.497 e. The minimum atomic E-state index is 0.818. The minimum Gasteiger partial charge on any atom is -0.497 e. The highest BCUT2D eigenvalue weighted by Crippen LogP contribution is 2.23. The monoisotopic (exact) mass is 273 g/mol. The number of piperazine rings is 1. The molecule has 2 heterocycles. The second-order valence-electron chi connectivity index (χ2n) is 4.94. The van der Waals surface area contributed by atoms with Crippen molar-refractivity contribution in [1.29, 1.82) is 0 Å². The van der Waals surface area contributed by atoms with E-state index in [1.54, 1.807) is 7.11 Å². The molecule has 5 heteroatoms. The molecule has 5 nitrogen and oxygen atoms in total. The first-order valence-corrected chi connectivity index (χ1v) is 6.88. The molecule has 0 amide bonds. The molecule has 20 heavy (non-hydrogen) atoms. The molecular formula is C15H19N3O2. The fourth-order valence-electron chi connectivity index (χ4n) is 2.40. The van der Waals surface area contributed by atoms with Gasteiger partial charge in [0, 0.05) is 37.8 Å². The number of methoxy groups -OCH3 is 1. The van der Waals surface area contributed by atoms with Gasteiger partial charge in [-0.15, -0.1) is 0 Å². The zero-order valence-electron chi connectivity index (χ0n) is 11.6. The lowest BCUT2D eigenvalue weighted by atomic mass is 10.1. The molecule has 1 fully saturated rings. The van der Waals surface area contributed by atoms with Crippen LogP contribution in [0.15, 0.2) is 34.9 Å². The number of nitrogens with zero attached hydrogens (tertiary/aromatic N) is 2. The second-order valence-corrected chi connectivity index (χ2v) is 4.94. The molecular weight excluding hydrogens is 254 g/mol. The van der Waals surface area contributed by atoms with E-state index in [9.17, 15) is 0 Å². The van der Waals surface area contributed by atoms with Crippen LogP contribution in [0, 0.1) is 0 Å². The summed E-state index contributed by atoms with van der Waals surface area (Å²) in [5, 5.41) is 7.50. The maximum absolute atomic E-state index is 5.44. The summed E-state index contributed by atoms with van der Waals surface area (Å²) in [5.74, 6) is 1.74. The van der Waals surface area contributed by atoms with Crippen LogP contribution in [0.3, 0.4) is 0 Å². The van der Waals surface area contributed by atoms with E-state index in [1.165, 1.54) is 0 Å². The Kier molecular flexibility index (Phi) is 3.99. The van der Waals surface area contributed by atoms with E-state index in [-0.39, 0.29) is 0 Å². The second kappa shape index (κ2) is 6.07. The lowest BCUT2D eigenvalue weighted by Gasteiger charge is -2.25. The number of hydrogen-bond donors (Lipinski definition) is 1. The number of aromatic nitrogens is 1. The van der Waals surface area contributed by atoms with Gasteiger partial charge in [-0.1, -0.05) is 17.3 Å². The molecule has 1 aliphatic heterocycles. The van der Waals surface area contributed by atoms with Gasteiger partial charge < -0.3 is 14.6 Å². The molecule has 0 aliphatic carbocycles. The van der Waals surface area contributed by atoms with Gasteiger partial charge >= 0.3 is 0 Å². The topological polar surface area (TPSA) is 50.5 Å². The Morgan fingerprint density at radius 2 is 2.15 bits per heavy atom. The van der Waals surface area contributed by atoms with Gasteiger partial charge in [-0.05, 0) is 12.1 Å². The number of nitrogens with one attached hydrogen (secondary N) is 1. The predicted octanol–water partition coefficient (Wildman–Crippen LogP) is 1.76. The first kappa shape index (κ1) is 13.1. The van der Waals surface area contributed by atoms with Crippen LogP contribution in [0.25, 0.3) is 11.3 Å². The molecule has 1 N–H and O–H groups in total. The lowest BCUT2D eigenvalue weighted by molar-refractivity contribution is 0.207. The van der Waals surface area contributed by atoms with Crippen LogP contribution < -0.4 is 10.1 Å². The smallest absolute Gasteiger partial charge is 0.151 e. The van der Waals surface area contributed by atoms with Gasteiger partial charge in [-0.25, -0.2) is 0 Å². The Morgan fingerprint density at radius 3 is 2.95 bits per heavy atom. The molecule has 1 aromatic carbocycles. The van der Waals surface area contributed by atoms with Crippen molar-refractivity contribution < 1.29 is 9.26 Å². The van der Waals surface area contributed by atoms with Crippen LogP contribution in [-0.4, -0.2) is 43.3 Å². The summed E-state index contributed by atoms with van der Waals surface area (Å²) in [6.45, 7) is 5.00. The quantitative estimate of drug-likeness (QED) is 0.920. The van der Waals surface area contributed by atoms with Gasteiger partial charge in [0.15, 0.2) is 5.76 Å². The van der Waals surface area contributed by atoms with E-state index in [1.807, 2.05) is 30.3 Å². The molecule has 1 saturated heterocycles. The molecule has 0 bridgehead atoms. The summed E-state index contributed by atoms with van der Waals surface area (Å²) in [4.78, 5) is 2.37. The first-order chi connectivity index (χ1) is 9.85. The van der Waals surface area contributed by atoms with Crippen molar-refractivity contribution >= 4 is 0 Å². The van der Waals surface area contributed by atoms with E-state index in [2.05, 4.69) is 15.4 Å². The van der Waals surface area contributed by atoms with Crippen molar-refractivity contribution in [2.75, 3.05) is 33.3 Å². The van der Waals surface area contributed by atoms with Crippen LogP contribution in [-0.2, 0) is 6.54 Å². The molecule has 1 aromatic heterocycles. The maximum Gasteiger partial charge on any atom is 0.151 e. The average Bonchev–Trinajstić information content (AvgIpc) is 2.97. The number of hydrogen-bond acceptors (Lipinski definition) is 5. The molecule has 3 rings (SSSR count). The molecule has 0 atom stereocenters. The predicted molar refractivity (Wildman–Crippen MR) is 76.6 cm³/mol. The van der Waals surface area contributed by atoms with Crippen molar-refractivity contribution in [2.45, 2.75) is 6.54 Å². The first-order valence-electron chi connectivity index (χ1n) is 6.88. The zero-order chi connectivity index (χ0) is 13.8. The van der Waals surface area contributed by atoms with Gasteiger partial charge in [-0.2, -0.15) is 0 Å². The van der Waals surface area contributed by atoms with E-state index < -0.39 is 0 Å². The van der Waals surface area contributed by atoms with Crippen molar-refractivity contribution in [1.82, 2.24) is 15.4 Å². The molecule has 106 valence electrons. The Bertz CT molecular complexity index is 562. The Hall–Kier alpha value is -1.85. The molecule has 0 saturated carbocycles. The average molecular weight is 273 g/mol. The molecule has 2 aromatic rings. The summed E-state index contributed by atoms with van der Waals surface area (Å²) in [6.07, 6.45) is 0. The van der Waals surface area contributed by atoms with Crippen LogP contribution in [0.2, 0.25) is 0 Å². The Balaban J connectivity index is 1.72. The number of ether oxygens (including phenoxy) is 1. The number of benzene rings is 1. The molecule has 0 spiro atoms. The lowest BCUT2D eigenvalue weighted by Crippen LogP contribution is -2.42. The van der Waals surface area contributed by atoms with Gasteiger partial charge in [-0.3, -0.25) is 4.90 Å². The van der Waals surface area contributed by atoms with E-state index in [0.29, 0.717) is 0 Å². The van der Waals surface area contributed by atoms with Crippen LogP contribution in [0.4, 0.5) is 0 Å². The van der Waals surface area contributed by atoms with Crippen molar-refractivity contribution in [3.05, 3.63) is 36.1 Å². The molecule has 0 unspecified atom stereocenters. The Morgan fingerprint density at radius 1 is 1.30 bits per heavy atom. The number of rotatable bonds is 4. The normalized spacial score (nSPS) is 16.2. The standard InChI is InChI=1S/C15H19N3O2/c1-19-13-4-2-3-12(9-13)15-10-14(20-17-15)11-18-7-5-16-6-8-18/h2-4,9-10,16H,5-8,11H2,1H3. The summed E-state index contributed by atoms with van der Waals surface area (Å²) >= 11 is 0. The van der Waals surface area contributed by atoms with Crippen LogP contribution in [0.1, 0.15) is 5.76 Å². The van der Waals surface area contributed by atoms with Crippen LogP contribution >= 0.6 is 0 Å². The third-order valence-electron chi connectivity index (χ3n) is 3.51. The third-order valence-corrected chi connectivity index (χ3v) is 3.51. The van der Waals surface area contributed by atoms with Crippen molar-refractivity contribution in [3.63, 3.8) is 0 Å². The molecule has 1 aliphatic rings. The summed E-state index contributed by atoms with van der Waals surface area (Å²) in [5.41, 5.74) is 1.87. The van der Waals surface area contributed by atoms with E-state index >= 15 is 0 Å². The highest BCUT2D eigenvalue weighted by molar-refractivity contribution is 5.60. The summed E-state index contributed by atoms with van der Waals surface area (Å²) in [7, 11) is 1.66. The van der Waals surface area contributed by atoms with Gasteiger partial charge in [0.2, 0.25) is 0 Å². The van der Waals surface area contributed by atoms with Gasteiger partial charge in [0.05, 0.1) is 13.7 Å². The molecule has 0 radical (unpaired) electrons. The SMILES string of the molecule is COc1cccc(-c2cc(CN3CCNCC3)on2)c1. The summed E-state index contributed by atoms with van der Waals surface area (Å²) < 4.78 is 10.7. The Labute approximate surface area is 118 Å². The maximum atomic E-state index is 5.44. The van der Waals surface area contributed by atoms with Crippen molar-refractivity contribution in [3.8, 4) is 17.0 Å². The highest BCUT2D eigenvalue weighted by Gasteiger charge is 2.13. The third kappa shape index (κ3) is 3.00. The van der Waals surface area contributed by atoms with E-state index in [0.717, 1.165) is 55.5 Å². The zero-order valence-corrected chi connectivity index (χ0v) is 11.6. The van der Waals surface area contributed by atoms with Crippen molar-refractivity contribution in [2.24, 2.45) is 0 Å². The van der Waals surface area contributed by atoms with Gasteiger partial charge in [0.25, 0.3) is 0 Å². The van der Waals surface area contributed by atoms with Crippen LogP contribution in [0.5, 0.6) is 5.75 Å². The van der Waals surface area contributed by atoms with Gasteiger partial charge in [0.1, 0.15) is 11.4 Å². The fourth-order valence-corrected chi connectivity index (χ4v) is 2.40.